The molecule has 28 heavy (non-hydrogen) atoms. The van der Waals surface area contributed by atoms with Gasteiger partial charge < -0.3 is 24.1 Å². The van der Waals surface area contributed by atoms with E-state index in [4.69, 9.17) is 30.5 Å². The van der Waals surface area contributed by atoms with Gasteiger partial charge in [0.05, 0.1) is 28.4 Å². The van der Waals surface area contributed by atoms with Crippen LogP contribution in [0.3, 0.4) is 0 Å². The number of ether oxygens (including phenoxy) is 4. The van der Waals surface area contributed by atoms with Crippen LogP contribution in [-0.2, 0) is 0 Å². The molecule has 2 aromatic carbocycles. The number of hydrogen-bond acceptors (Lipinski definition) is 6. The van der Waals surface area contributed by atoms with Crippen molar-refractivity contribution in [3.05, 3.63) is 47.7 Å². The molecule has 0 unspecified atom stereocenters. The van der Waals surface area contributed by atoms with Crippen LogP contribution in [0.1, 0.15) is 0 Å². The number of phenols is 1. The molecule has 0 atom stereocenters. The molecule has 6 nitrogen and oxygen atoms in total. The molecule has 0 saturated carbocycles. The van der Waals surface area contributed by atoms with E-state index in [0.29, 0.717) is 33.7 Å². The number of phenolic OH excluding ortho intramolecular Hbond substituents is 1. The number of rotatable bonds is 6. The molecular formula is C21H20ClNO5. The summed E-state index contributed by atoms with van der Waals surface area (Å²) in [5.74, 6) is 2.00. The Kier molecular flexibility index (Phi) is 5.80. The maximum Gasteiger partial charge on any atom is 0.203 e. The Bertz CT molecular complexity index is 981. The number of hydrogen-bond donors (Lipinski definition) is 1. The molecule has 0 aliphatic rings. The number of benzene rings is 2. The normalized spacial score (nSPS) is 10.5. The Morgan fingerprint density at radius 1 is 0.750 bits per heavy atom. The highest BCUT2D eigenvalue weighted by atomic mass is 35.5. The van der Waals surface area contributed by atoms with Crippen LogP contribution < -0.4 is 18.9 Å². The molecule has 0 amide bonds. The van der Waals surface area contributed by atoms with Gasteiger partial charge in [0, 0.05) is 17.3 Å². The van der Waals surface area contributed by atoms with Gasteiger partial charge in [0.15, 0.2) is 23.0 Å². The van der Waals surface area contributed by atoms with E-state index in [1.807, 2.05) is 18.2 Å². The van der Waals surface area contributed by atoms with Gasteiger partial charge in [0.25, 0.3) is 0 Å². The quantitative estimate of drug-likeness (QED) is 0.598. The zero-order valence-electron chi connectivity index (χ0n) is 15.9. The summed E-state index contributed by atoms with van der Waals surface area (Å²) in [5, 5.41) is 10.2. The minimum absolute atomic E-state index is 0.0520. The van der Waals surface area contributed by atoms with Crippen LogP contribution in [0.25, 0.3) is 22.3 Å². The Morgan fingerprint density at radius 2 is 1.36 bits per heavy atom. The second-order valence-electron chi connectivity index (χ2n) is 5.86. The van der Waals surface area contributed by atoms with Gasteiger partial charge in [-0.25, -0.2) is 4.98 Å². The first-order valence-electron chi connectivity index (χ1n) is 8.35. The zero-order valence-corrected chi connectivity index (χ0v) is 16.7. The smallest absolute Gasteiger partial charge is 0.203 e. The van der Waals surface area contributed by atoms with Crippen molar-refractivity contribution in [1.82, 2.24) is 4.98 Å². The van der Waals surface area contributed by atoms with Crippen molar-refractivity contribution < 1.29 is 24.1 Å². The first-order chi connectivity index (χ1) is 13.5. The lowest BCUT2D eigenvalue weighted by Crippen LogP contribution is -1.96. The predicted octanol–water partition coefficient (Wildman–Crippen LogP) is 4.81. The summed E-state index contributed by atoms with van der Waals surface area (Å²) in [7, 11) is 6.18. The van der Waals surface area contributed by atoms with Gasteiger partial charge in [0.2, 0.25) is 5.75 Å². The highest BCUT2D eigenvalue weighted by Crippen LogP contribution is 2.42. The number of aromatic nitrogens is 1. The Balaban J connectivity index is 2.14. The second kappa shape index (κ2) is 8.27. The number of halogens is 1. The average Bonchev–Trinajstić information content (AvgIpc) is 2.73. The minimum atomic E-state index is 0.0520. The molecule has 3 rings (SSSR count). The van der Waals surface area contributed by atoms with Crippen molar-refractivity contribution in [3.8, 4) is 51.0 Å². The van der Waals surface area contributed by atoms with E-state index in [2.05, 4.69) is 4.98 Å². The molecule has 0 aliphatic carbocycles. The lowest BCUT2D eigenvalue weighted by Gasteiger charge is -2.15. The molecule has 1 heterocycles. The van der Waals surface area contributed by atoms with Crippen LogP contribution in [-0.4, -0.2) is 38.5 Å². The van der Waals surface area contributed by atoms with Crippen LogP contribution in [0.4, 0.5) is 0 Å². The summed E-state index contributed by atoms with van der Waals surface area (Å²) in [6.45, 7) is 0. The first kappa shape index (κ1) is 19.6. The topological polar surface area (TPSA) is 70.0 Å². The summed E-state index contributed by atoms with van der Waals surface area (Å²) >= 11 is 6.33. The van der Waals surface area contributed by atoms with E-state index in [1.54, 1.807) is 45.7 Å². The number of methoxy groups -OCH3 is 4. The predicted molar refractivity (Wildman–Crippen MR) is 108 cm³/mol. The van der Waals surface area contributed by atoms with Gasteiger partial charge in [-0.15, -0.1) is 0 Å². The highest BCUT2D eigenvalue weighted by molar-refractivity contribution is 6.32. The second-order valence-corrected chi connectivity index (χ2v) is 6.22. The van der Waals surface area contributed by atoms with Crippen molar-refractivity contribution in [3.63, 3.8) is 0 Å². The van der Waals surface area contributed by atoms with Gasteiger partial charge in [-0.3, -0.25) is 0 Å². The molecular weight excluding hydrogens is 382 g/mol. The highest BCUT2D eigenvalue weighted by Gasteiger charge is 2.16. The number of aromatic hydroxyl groups is 1. The van der Waals surface area contributed by atoms with Gasteiger partial charge in [-0.1, -0.05) is 17.7 Å². The first-order valence-corrected chi connectivity index (χ1v) is 8.73. The van der Waals surface area contributed by atoms with Crippen molar-refractivity contribution in [2.75, 3.05) is 28.4 Å². The van der Waals surface area contributed by atoms with Crippen molar-refractivity contribution in [2.24, 2.45) is 0 Å². The fourth-order valence-electron chi connectivity index (χ4n) is 2.90. The van der Waals surface area contributed by atoms with E-state index in [9.17, 15) is 5.11 Å². The number of nitrogens with zero attached hydrogens (tertiary/aromatic N) is 1. The molecule has 3 aromatic rings. The standard InChI is InChI=1S/C21H20ClNO5/c1-25-17-8-12(5-6-16(17)24)15-7-14(11-23-21(15)22)13-9-18(26-2)20(28-4)19(10-13)27-3/h5-11,24H,1-4H3. The Hall–Kier alpha value is -3.12. The maximum atomic E-state index is 9.84. The SMILES string of the molecule is COc1cc(-c2cc(-c3cc(OC)c(OC)c(OC)c3)cnc2Cl)ccc1O. The van der Waals surface area contributed by atoms with Crippen LogP contribution >= 0.6 is 11.6 Å². The summed E-state index contributed by atoms with van der Waals surface area (Å²) < 4.78 is 21.4. The Morgan fingerprint density at radius 3 is 1.93 bits per heavy atom. The molecule has 146 valence electrons. The van der Waals surface area contributed by atoms with E-state index in [1.165, 1.54) is 7.11 Å². The van der Waals surface area contributed by atoms with Crippen LogP contribution in [0.15, 0.2) is 42.6 Å². The number of pyridine rings is 1. The van der Waals surface area contributed by atoms with Crippen LogP contribution in [0.2, 0.25) is 5.15 Å². The zero-order chi connectivity index (χ0) is 20.3. The van der Waals surface area contributed by atoms with E-state index in [-0.39, 0.29) is 5.75 Å². The summed E-state index contributed by atoms with van der Waals surface area (Å²) in [6.07, 6.45) is 1.67. The van der Waals surface area contributed by atoms with Gasteiger partial charge >= 0.3 is 0 Å². The van der Waals surface area contributed by atoms with E-state index in [0.717, 1.165) is 16.7 Å². The molecule has 1 N–H and O–H groups in total. The average molecular weight is 402 g/mol. The molecule has 7 heteroatoms. The molecule has 0 saturated heterocycles. The molecule has 0 spiro atoms. The van der Waals surface area contributed by atoms with Gasteiger partial charge in [0.1, 0.15) is 5.15 Å². The van der Waals surface area contributed by atoms with E-state index < -0.39 is 0 Å². The third kappa shape index (κ3) is 3.64. The Labute approximate surface area is 168 Å². The van der Waals surface area contributed by atoms with E-state index >= 15 is 0 Å². The lowest BCUT2D eigenvalue weighted by molar-refractivity contribution is 0.324. The molecule has 0 radical (unpaired) electrons. The summed E-state index contributed by atoms with van der Waals surface area (Å²) in [5.41, 5.74) is 3.10. The lowest BCUT2D eigenvalue weighted by atomic mass is 10.0. The molecule has 0 fully saturated rings. The van der Waals surface area contributed by atoms with Gasteiger partial charge in [-0.05, 0) is 41.5 Å². The largest absolute Gasteiger partial charge is 0.504 e. The maximum absolute atomic E-state index is 9.84. The third-order valence-corrected chi connectivity index (χ3v) is 4.63. The molecule has 0 aliphatic heterocycles. The third-order valence-electron chi connectivity index (χ3n) is 4.33. The van der Waals surface area contributed by atoms with Crippen molar-refractivity contribution in [2.45, 2.75) is 0 Å². The van der Waals surface area contributed by atoms with Crippen LogP contribution in [0.5, 0.6) is 28.7 Å². The molecule has 0 bridgehead atoms. The minimum Gasteiger partial charge on any atom is -0.504 e. The summed E-state index contributed by atoms with van der Waals surface area (Å²) in [6, 6.07) is 10.6. The van der Waals surface area contributed by atoms with Crippen LogP contribution in [0, 0.1) is 0 Å². The summed E-state index contributed by atoms with van der Waals surface area (Å²) in [4.78, 5) is 4.31. The fourth-order valence-corrected chi connectivity index (χ4v) is 3.11. The van der Waals surface area contributed by atoms with Crippen molar-refractivity contribution in [1.29, 1.82) is 0 Å². The fraction of sp³-hybridized carbons (Fsp3) is 0.190. The van der Waals surface area contributed by atoms with Crippen molar-refractivity contribution >= 4 is 11.6 Å². The molecule has 1 aromatic heterocycles. The van der Waals surface area contributed by atoms with Gasteiger partial charge in [-0.2, -0.15) is 0 Å². The monoisotopic (exact) mass is 401 g/mol.